The van der Waals surface area contributed by atoms with Gasteiger partial charge in [0.2, 0.25) is 0 Å². The van der Waals surface area contributed by atoms with Crippen molar-refractivity contribution in [2.24, 2.45) is 7.05 Å². The van der Waals surface area contributed by atoms with Crippen molar-refractivity contribution in [3.05, 3.63) is 59.4 Å². The molecule has 0 aliphatic rings. The molecule has 2 heterocycles. The van der Waals surface area contributed by atoms with Crippen LogP contribution >= 0.6 is 23.4 Å². The zero-order valence-corrected chi connectivity index (χ0v) is 22.2. The van der Waals surface area contributed by atoms with E-state index >= 15 is 0 Å². The van der Waals surface area contributed by atoms with Gasteiger partial charge < -0.3 is 24.8 Å². The number of methoxy groups -OCH3 is 1. The highest BCUT2D eigenvalue weighted by atomic mass is 35.5. The largest absolute Gasteiger partial charge is 0.495 e. The molecule has 0 aliphatic carbocycles. The smallest absolute Gasteiger partial charge is 0.172 e. The van der Waals surface area contributed by atoms with Gasteiger partial charge in [0.05, 0.1) is 28.9 Å². The minimum Gasteiger partial charge on any atom is -0.495 e. The SMILES string of the molecule is COc1cc2cc(C#N)c(Nc3ccc(Sc4nccn4C)c(Cl)c3)nc2cc1NCCCN(C)C. The highest BCUT2D eigenvalue weighted by molar-refractivity contribution is 7.99. The molecule has 4 aromatic rings. The maximum atomic E-state index is 9.78. The molecule has 0 amide bonds. The Hall–Kier alpha value is -3.45. The molecule has 36 heavy (non-hydrogen) atoms. The number of pyridine rings is 1. The van der Waals surface area contributed by atoms with Crippen LogP contribution in [0.15, 0.2) is 58.8 Å². The zero-order valence-electron chi connectivity index (χ0n) is 20.7. The summed E-state index contributed by atoms with van der Waals surface area (Å²) in [5.74, 6) is 1.18. The van der Waals surface area contributed by atoms with Gasteiger partial charge in [-0.2, -0.15) is 5.26 Å². The van der Waals surface area contributed by atoms with Gasteiger partial charge in [-0.25, -0.2) is 9.97 Å². The lowest BCUT2D eigenvalue weighted by molar-refractivity contribution is 0.404. The lowest BCUT2D eigenvalue weighted by atomic mass is 10.1. The molecule has 2 N–H and O–H groups in total. The molecule has 0 radical (unpaired) electrons. The number of nitrogens with zero attached hydrogens (tertiary/aromatic N) is 5. The van der Waals surface area contributed by atoms with Crippen LogP contribution in [0.1, 0.15) is 12.0 Å². The molecule has 2 aromatic carbocycles. The van der Waals surface area contributed by atoms with Crippen molar-refractivity contribution in [2.45, 2.75) is 16.5 Å². The van der Waals surface area contributed by atoms with Crippen LogP contribution in [0.4, 0.5) is 17.2 Å². The molecule has 0 aliphatic heterocycles. The summed E-state index contributed by atoms with van der Waals surface area (Å²) in [5.41, 5.74) is 2.79. The molecule has 8 nitrogen and oxygen atoms in total. The average Bonchev–Trinajstić information content (AvgIpc) is 3.26. The van der Waals surface area contributed by atoms with Crippen molar-refractivity contribution >= 4 is 51.5 Å². The number of nitrogens with one attached hydrogen (secondary N) is 2. The van der Waals surface area contributed by atoms with Gasteiger partial charge in [0.15, 0.2) is 5.16 Å². The number of aromatic nitrogens is 3. The highest BCUT2D eigenvalue weighted by Crippen LogP contribution is 2.36. The molecule has 2 aromatic heterocycles. The number of halogens is 1. The van der Waals surface area contributed by atoms with E-state index in [-0.39, 0.29) is 0 Å². The van der Waals surface area contributed by atoms with Crippen molar-refractivity contribution in [1.82, 2.24) is 19.4 Å². The average molecular weight is 522 g/mol. The minimum absolute atomic E-state index is 0.429. The number of imidazole rings is 1. The number of hydrogen-bond donors (Lipinski definition) is 2. The van der Waals surface area contributed by atoms with E-state index < -0.39 is 0 Å². The molecule has 0 spiro atoms. The van der Waals surface area contributed by atoms with Crippen LogP contribution in [0, 0.1) is 11.3 Å². The van der Waals surface area contributed by atoms with Gasteiger partial charge >= 0.3 is 0 Å². The Morgan fingerprint density at radius 2 is 2.06 bits per heavy atom. The number of rotatable bonds is 10. The van der Waals surface area contributed by atoms with Gasteiger partial charge in [-0.3, -0.25) is 0 Å². The third kappa shape index (κ3) is 6.02. The summed E-state index contributed by atoms with van der Waals surface area (Å²) in [6, 6.07) is 13.6. The monoisotopic (exact) mass is 521 g/mol. The molecular weight excluding hydrogens is 494 g/mol. The number of nitriles is 1. The second-order valence-corrected chi connectivity index (χ2v) is 9.93. The third-order valence-electron chi connectivity index (χ3n) is 5.53. The van der Waals surface area contributed by atoms with Crippen LogP contribution < -0.4 is 15.4 Å². The summed E-state index contributed by atoms with van der Waals surface area (Å²) in [4.78, 5) is 12.1. The van der Waals surface area contributed by atoms with Crippen molar-refractivity contribution < 1.29 is 4.74 Å². The minimum atomic E-state index is 0.429. The van der Waals surface area contributed by atoms with Crippen LogP contribution in [0.3, 0.4) is 0 Å². The Kier molecular flexibility index (Phi) is 8.21. The Bertz CT molecular complexity index is 1410. The predicted octanol–water partition coefficient (Wildman–Crippen LogP) is 5.76. The van der Waals surface area contributed by atoms with Gasteiger partial charge in [-0.1, -0.05) is 23.4 Å². The number of anilines is 3. The Morgan fingerprint density at radius 1 is 1.22 bits per heavy atom. The molecule has 10 heteroatoms. The first-order chi connectivity index (χ1) is 17.4. The zero-order chi connectivity index (χ0) is 25.7. The molecule has 0 saturated heterocycles. The van der Waals surface area contributed by atoms with Crippen LogP contribution in [0.5, 0.6) is 5.75 Å². The van der Waals surface area contributed by atoms with E-state index in [4.69, 9.17) is 21.3 Å². The summed E-state index contributed by atoms with van der Waals surface area (Å²) in [5, 5.41) is 18.7. The van der Waals surface area contributed by atoms with E-state index in [1.54, 1.807) is 13.3 Å². The van der Waals surface area contributed by atoms with Gasteiger partial charge in [0.1, 0.15) is 17.6 Å². The quantitative estimate of drug-likeness (QED) is 0.254. The standard InChI is InChI=1S/C26H28ClN7OS/c1-33(2)10-5-8-29-22-15-21-17(13-23(22)35-4)12-18(16-28)25(32-21)31-19-6-7-24(20(27)14-19)36-26-30-9-11-34(26)3/h6-7,9,11-15,29H,5,8,10H2,1-4H3,(H,31,32). The first kappa shape index (κ1) is 25.6. The van der Waals surface area contributed by atoms with Crippen molar-refractivity contribution in [1.29, 1.82) is 5.26 Å². The fourth-order valence-electron chi connectivity index (χ4n) is 3.65. The fraction of sp³-hybridized carbons (Fsp3) is 0.269. The number of aryl methyl sites for hydroxylation is 1. The number of fused-ring (bicyclic) bond motifs is 1. The van der Waals surface area contributed by atoms with Crippen molar-refractivity contribution in [2.75, 3.05) is 44.9 Å². The summed E-state index contributed by atoms with van der Waals surface area (Å²) in [6.07, 6.45) is 4.64. The van der Waals surface area contributed by atoms with Gasteiger partial charge in [0.25, 0.3) is 0 Å². The Balaban J connectivity index is 1.59. The summed E-state index contributed by atoms with van der Waals surface area (Å²) in [7, 11) is 7.69. The van der Waals surface area contributed by atoms with Gasteiger partial charge in [-0.05, 0) is 63.5 Å². The second-order valence-electron chi connectivity index (χ2n) is 8.52. The molecule has 4 rings (SSSR count). The van der Waals surface area contributed by atoms with E-state index in [2.05, 4.69) is 40.7 Å². The summed E-state index contributed by atoms with van der Waals surface area (Å²) < 4.78 is 7.51. The molecule has 0 bridgehead atoms. The first-order valence-corrected chi connectivity index (χ1v) is 12.6. The predicted molar refractivity (Wildman–Crippen MR) is 147 cm³/mol. The second kappa shape index (κ2) is 11.5. The highest BCUT2D eigenvalue weighted by Gasteiger charge is 2.13. The van der Waals surface area contributed by atoms with Crippen LogP contribution in [-0.4, -0.2) is 53.7 Å². The molecule has 0 unspecified atom stereocenters. The van der Waals surface area contributed by atoms with E-state index in [0.717, 1.165) is 51.8 Å². The fourth-order valence-corrected chi connectivity index (χ4v) is 4.76. The maximum absolute atomic E-state index is 9.78. The van der Waals surface area contributed by atoms with E-state index in [1.165, 1.54) is 11.8 Å². The van der Waals surface area contributed by atoms with Crippen molar-refractivity contribution in [3.8, 4) is 11.8 Å². The topological polar surface area (TPSA) is 91.0 Å². The van der Waals surface area contributed by atoms with Crippen molar-refractivity contribution in [3.63, 3.8) is 0 Å². The lowest BCUT2D eigenvalue weighted by Crippen LogP contribution is -2.16. The molecule has 0 atom stereocenters. The van der Waals surface area contributed by atoms with Crippen LogP contribution in [0.2, 0.25) is 5.02 Å². The number of ether oxygens (including phenoxy) is 1. The summed E-state index contributed by atoms with van der Waals surface area (Å²) >= 11 is 8.05. The van der Waals surface area contributed by atoms with Crippen LogP contribution in [0.25, 0.3) is 10.9 Å². The van der Waals surface area contributed by atoms with Gasteiger partial charge in [0, 0.05) is 42.0 Å². The van der Waals surface area contributed by atoms with E-state index in [9.17, 15) is 5.26 Å². The molecule has 0 saturated carbocycles. The molecular formula is C26H28ClN7OS. The number of hydrogen-bond acceptors (Lipinski definition) is 8. The maximum Gasteiger partial charge on any atom is 0.172 e. The van der Waals surface area contributed by atoms with Crippen LogP contribution in [-0.2, 0) is 7.05 Å². The third-order valence-corrected chi connectivity index (χ3v) is 7.10. The Morgan fingerprint density at radius 3 is 2.72 bits per heavy atom. The van der Waals surface area contributed by atoms with Gasteiger partial charge in [-0.15, -0.1) is 0 Å². The van der Waals surface area contributed by atoms with E-state index in [1.807, 2.05) is 54.2 Å². The number of benzene rings is 2. The molecule has 186 valence electrons. The molecule has 0 fully saturated rings. The summed E-state index contributed by atoms with van der Waals surface area (Å²) in [6.45, 7) is 1.80. The Labute approximate surface area is 220 Å². The van der Waals surface area contributed by atoms with E-state index in [0.29, 0.717) is 22.2 Å². The lowest BCUT2D eigenvalue weighted by Gasteiger charge is -2.15. The first-order valence-electron chi connectivity index (χ1n) is 11.4. The normalized spacial score (nSPS) is 11.0.